The Morgan fingerprint density at radius 2 is 2.00 bits per heavy atom. The third-order valence-electron chi connectivity index (χ3n) is 4.58. The quantitative estimate of drug-likeness (QED) is 0.883. The highest BCUT2D eigenvalue weighted by Crippen LogP contribution is 2.22. The number of piperidine rings is 1. The van der Waals surface area contributed by atoms with Crippen molar-refractivity contribution in [1.82, 2.24) is 15.1 Å². The summed E-state index contributed by atoms with van der Waals surface area (Å²) in [4.78, 5) is 15.7. The van der Waals surface area contributed by atoms with E-state index in [0.29, 0.717) is 12.1 Å². The standard InChI is InChI=1S/C16H22FN3O2/c17-14-4-2-1-3-13(14)15(21)11-19-8-5-12(6-9-19)20-10-7-18-16(20)22/h1-4,12,15,21H,5-11H2,(H,18,22). The average Bonchev–Trinajstić information content (AvgIpc) is 2.94. The van der Waals surface area contributed by atoms with E-state index in [-0.39, 0.29) is 17.9 Å². The lowest BCUT2D eigenvalue weighted by Gasteiger charge is -2.36. The van der Waals surface area contributed by atoms with Crippen LogP contribution in [-0.2, 0) is 0 Å². The summed E-state index contributed by atoms with van der Waals surface area (Å²) in [7, 11) is 0. The van der Waals surface area contributed by atoms with Gasteiger partial charge in [0.25, 0.3) is 0 Å². The lowest BCUT2D eigenvalue weighted by Crippen LogP contribution is -2.46. The van der Waals surface area contributed by atoms with Gasteiger partial charge in [-0.15, -0.1) is 0 Å². The van der Waals surface area contributed by atoms with Gasteiger partial charge in [-0.25, -0.2) is 9.18 Å². The Kier molecular flexibility index (Phi) is 4.59. The number of rotatable bonds is 4. The van der Waals surface area contributed by atoms with Gasteiger partial charge in [-0.3, -0.25) is 0 Å². The Balaban J connectivity index is 1.51. The maximum atomic E-state index is 13.7. The minimum atomic E-state index is -0.812. The molecule has 6 heteroatoms. The normalized spacial score (nSPS) is 21.9. The molecular formula is C16H22FN3O2. The number of hydrogen-bond donors (Lipinski definition) is 2. The molecule has 1 atom stereocenters. The van der Waals surface area contributed by atoms with Gasteiger partial charge >= 0.3 is 6.03 Å². The number of carbonyl (C=O) groups excluding carboxylic acids is 1. The summed E-state index contributed by atoms with van der Waals surface area (Å²) in [6, 6.07) is 6.67. The number of likely N-dealkylation sites (tertiary alicyclic amines) is 1. The number of benzene rings is 1. The van der Waals surface area contributed by atoms with Crippen LogP contribution in [0.2, 0.25) is 0 Å². The fourth-order valence-electron chi connectivity index (χ4n) is 3.34. The van der Waals surface area contributed by atoms with Gasteiger partial charge < -0.3 is 20.2 Å². The minimum Gasteiger partial charge on any atom is -0.387 e. The van der Waals surface area contributed by atoms with Gasteiger partial charge in [-0.05, 0) is 18.9 Å². The highest BCUT2D eigenvalue weighted by Gasteiger charge is 2.31. The van der Waals surface area contributed by atoms with E-state index in [1.165, 1.54) is 6.07 Å². The van der Waals surface area contributed by atoms with Crippen molar-refractivity contribution in [3.8, 4) is 0 Å². The summed E-state index contributed by atoms with van der Waals surface area (Å²) in [5, 5.41) is 13.0. The molecule has 0 spiro atoms. The molecule has 1 aromatic rings. The molecule has 1 aromatic carbocycles. The average molecular weight is 307 g/mol. The molecule has 2 saturated heterocycles. The summed E-state index contributed by atoms with van der Waals surface area (Å²) in [5.74, 6) is -0.362. The number of carbonyl (C=O) groups is 1. The summed E-state index contributed by atoms with van der Waals surface area (Å²) in [6.07, 6.45) is 0.988. The summed E-state index contributed by atoms with van der Waals surface area (Å²) >= 11 is 0. The van der Waals surface area contributed by atoms with Crippen LogP contribution in [0.4, 0.5) is 9.18 Å². The molecule has 2 heterocycles. The number of halogens is 1. The monoisotopic (exact) mass is 307 g/mol. The second-order valence-electron chi connectivity index (χ2n) is 5.99. The highest BCUT2D eigenvalue weighted by molar-refractivity contribution is 5.76. The first-order valence-electron chi connectivity index (χ1n) is 7.84. The predicted molar refractivity (Wildman–Crippen MR) is 80.9 cm³/mol. The van der Waals surface area contributed by atoms with Gasteiger partial charge in [0.05, 0.1) is 6.10 Å². The molecule has 2 aliphatic rings. The molecule has 2 aliphatic heterocycles. The van der Waals surface area contributed by atoms with Crippen molar-refractivity contribution in [3.63, 3.8) is 0 Å². The van der Waals surface area contributed by atoms with Gasteiger partial charge in [0.15, 0.2) is 0 Å². The topological polar surface area (TPSA) is 55.8 Å². The molecule has 22 heavy (non-hydrogen) atoms. The van der Waals surface area contributed by atoms with E-state index in [1.807, 2.05) is 4.90 Å². The first kappa shape index (κ1) is 15.2. The Labute approximate surface area is 129 Å². The fourth-order valence-corrected chi connectivity index (χ4v) is 3.34. The van der Waals surface area contributed by atoms with Crippen LogP contribution in [0, 0.1) is 5.82 Å². The van der Waals surface area contributed by atoms with Crippen molar-refractivity contribution in [3.05, 3.63) is 35.6 Å². The van der Waals surface area contributed by atoms with Crippen molar-refractivity contribution in [2.24, 2.45) is 0 Å². The third kappa shape index (κ3) is 3.23. The number of aliphatic hydroxyl groups is 1. The smallest absolute Gasteiger partial charge is 0.317 e. The zero-order valence-corrected chi connectivity index (χ0v) is 12.5. The van der Waals surface area contributed by atoms with Gasteiger partial charge in [-0.1, -0.05) is 18.2 Å². The van der Waals surface area contributed by atoms with E-state index in [2.05, 4.69) is 10.2 Å². The molecule has 5 nitrogen and oxygen atoms in total. The predicted octanol–water partition coefficient (Wildman–Crippen LogP) is 1.35. The number of nitrogens with one attached hydrogen (secondary N) is 1. The first-order valence-corrected chi connectivity index (χ1v) is 7.84. The van der Waals surface area contributed by atoms with Crippen LogP contribution in [0.5, 0.6) is 0 Å². The van der Waals surface area contributed by atoms with Gasteiger partial charge in [0, 0.05) is 44.3 Å². The maximum absolute atomic E-state index is 13.7. The molecule has 1 unspecified atom stereocenters. The molecule has 120 valence electrons. The Hall–Kier alpha value is -1.66. The highest BCUT2D eigenvalue weighted by atomic mass is 19.1. The summed E-state index contributed by atoms with van der Waals surface area (Å²) < 4.78 is 13.7. The van der Waals surface area contributed by atoms with Crippen LogP contribution in [0.15, 0.2) is 24.3 Å². The van der Waals surface area contributed by atoms with Crippen LogP contribution >= 0.6 is 0 Å². The molecule has 0 aromatic heterocycles. The van der Waals surface area contributed by atoms with E-state index in [0.717, 1.165) is 39.0 Å². The summed E-state index contributed by atoms with van der Waals surface area (Å²) in [5.41, 5.74) is 0.351. The number of nitrogens with zero attached hydrogens (tertiary/aromatic N) is 2. The lowest BCUT2D eigenvalue weighted by atomic mass is 10.0. The summed E-state index contributed by atoms with van der Waals surface area (Å²) in [6.45, 7) is 3.58. The molecule has 2 N–H and O–H groups in total. The molecule has 2 fully saturated rings. The van der Waals surface area contributed by atoms with Crippen molar-refractivity contribution < 1.29 is 14.3 Å². The fraction of sp³-hybridized carbons (Fsp3) is 0.562. The van der Waals surface area contributed by atoms with Crippen LogP contribution in [0.25, 0.3) is 0 Å². The van der Waals surface area contributed by atoms with Crippen molar-refractivity contribution in [2.45, 2.75) is 25.0 Å². The Morgan fingerprint density at radius 3 is 2.64 bits per heavy atom. The molecule has 0 saturated carbocycles. The molecule has 2 amide bonds. The number of urea groups is 1. The van der Waals surface area contributed by atoms with Crippen molar-refractivity contribution >= 4 is 6.03 Å². The number of amides is 2. The molecule has 0 bridgehead atoms. The van der Waals surface area contributed by atoms with E-state index >= 15 is 0 Å². The second-order valence-corrected chi connectivity index (χ2v) is 5.99. The van der Waals surface area contributed by atoms with E-state index in [1.54, 1.807) is 18.2 Å². The molecule has 0 aliphatic carbocycles. The van der Waals surface area contributed by atoms with Crippen LogP contribution < -0.4 is 5.32 Å². The number of aliphatic hydroxyl groups excluding tert-OH is 1. The van der Waals surface area contributed by atoms with Crippen molar-refractivity contribution in [1.29, 1.82) is 0 Å². The number of β-amino-alcohol motifs (C(OH)–C–C–N with tert-alkyl or cyclic N) is 1. The Morgan fingerprint density at radius 1 is 1.27 bits per heavy atom. The minimum absolute atomic E-state index is 0.0323. The maximum Gasteiger partial charge on any atom is 0.317 e. The van der Waals surface area contributed by atoms with Gasteiger partial charge in [0.1, 0.15) is 5.82 Å². The SMILES string of the molecule is O=C1NCCN1C1CCN(CC(O)c2ccccc2F)CC1. The number of hydrogen-bond acceptors (Lipinski definition) is 3. The van der Waals surface area contributed by atoms with Crippen LogP contribution in [-0.4, -0.2) is 59.7 Å². The first-order chi connectivity index (χ1) is 10.6. The largest absolute Gasteiger partial charge is 0.387 e. The van der Waals surface area contributed by atoms with Crippen LogP contribution in [0.1, 0.15) is 24.5 Å². The van der Waals surface area contributed by atoms with Crippen molar-refractivity contribution in [2.75, 3.05) is 32.7 Å². The zero-order valence-electron chi connectivity index (χ0n) is 12.5. The van der Waals surface area contributed by atoms with E-state index in [4.69, 9.17) is 0 Å². The van der Waals surface area contributed by atoms with Gasteiger partial charge in [-0.2, -0.15) is 0 Å². The second kappa shape index (κ2) is 6.62. The van der Waals surface area contributed by atoms with Crippen LogP contribution in [0.3, 0.4) is 0 Å². The molecular weight excluding hydrogens is 285 g/mol. The lowest BCUT2D eigenvalue weighted by molar-refractivity contribution is 0.0778. The Bertz CT molecular complexity index is 532. The van der Waals surface area contributed by atoms with E-state index < -0.39 is 6.10 Å². The van der Waals surface area contributed by atoms with Gasteiger partial charge in [0.2, 0.25) is 0 Å². The zero-order chi connectivity index (χ0) is 15.5. The van der Waals surface area contributed by atoms with E-state index in [9.17, 15) is 14.3 Å². The molecule has 0 radical (unpaired) electrons. The molecule has 3 rings (SSSR count). The third-order valence-corrected chi connectivity index (χ3v) is 4.58.